The molecule has 0 aliphatic carbocycles. The minimum absolute atomic E-state index is 0.203. The van der Waals surface area contributed by atoms with Crippen molar-refractivity contribution in [3.8, 4) is 0 Å². The average molecular weight is 303 g/mol. The number of halogens is 1. The molecule has 0 radical (unpaired) electrons. The molecular weight excluding hydrogens is 292 g/mol. The van der Waals surface area contributed by atoms with E-state index in [1.165, 1.54) is 6.08 Å². The largest absolute Gasteiger partial charge is 0.478 e. The molecule has 0 unspecified atom stereocenters. The van der Waals surface area contributed by atoms with Crippen molar-refractivity contribution in [3.05, 3.63) is 65.0 Å². The minimum atomic E-state index is -1.03. The number of nitrogens with zero attached hydrogens (tertiary/aromatic N) is 1. The summed E-state index contributed by atoms with van der Waals surface area (Å²) < 4.78 is 0. The Balaban J connectivity index is 2.14. The molecule has 1 heterocycles. The van der Waals surface area contributed by atoms with Gasteiger partial charge in [0.1, 0.15) is 10.8 Å². The van der Waals surface area contributed by atoms with Gasteiger partial charge in [0.15, 0.2) is 0 Å². The number of hydrogen-bond donors (Lipinski definition) is 2. The molecule has 0 fully saturated rings. The van der Waals surface area contributed by atoms with Crippen molar-refractivity contribution in [2.75, 3.05) is 5.32 Å². The van der Waals surface area contributed by atoms with Crippen LogP contribution < -0.4 is 5.32 Å². The molecule has 0 saturated carbocycles. The topological polar surface area (TPSA) is 79.3 Å². The van der Waals surface area contributed by atoms with Crippen LogP contribution in [0.25, 0.3) is 6.08 Å². The summed E-state index contributed by atoms with van der Waals surface area (Å²) in [6.07, 6.45) is 2.47. The summed E-state index contributed by atoms with van der Waals surface area (Å²) in [4.78, 5) is 26.4. The molecule has 0 bridgehead atoms. The van der Waals surface area contributed by atoms with Crippen LogP contribution in [0.1, 0.15) is 16.1 Å². The second-order valence-corrected chi connectivity index (χ2v) is 4.48. The standard InChI is InChI=1S/C15H11ClN2O3/c16-13-6-2-5-12(18-13)15(21)17-11-4-1-3-10(9-11)7-8-14(19)20/h1-9H,(H,17,21)(H,19,20)/b8-7+. The highest BCUT2D eigenvalue weighted by Gasteiger charge is 2.08. The Morgan fingerprint density at radius 1 is 1.19 bits per heavy atom. The van der Waals surface area contributed by atoms with Gasteiger partial charge < -0.3 is 10.4 Å². The second-order valence-electron chi connectivity index (χ2n) is 4.10. The van der Waals surface area contributed by atoms with Gasteiger partial charge in [-0.2, -0.15) is 0 Å². The van der Waals surface area contributed by atoms with Crippen molar-refractivity contribution >= 4 is 35.2 Å². The number of benzene rings is 1. The van der Waals surface area contributed by atoms with Gasteiger partial charge in [-0.3, -0.25) is 4.79 Å². The molecule has 2 N–H and O–H groups in total. The maximum absolute atomic E-state index is 12.0. The molecule has 0 spiro atoms. The number of nitrogens with one attached hydrogen (secondary N) is 1. The number of anilines is 1. The molecule has 1 aromatic carbocycles. The zero-order valence-electron chi connectivity index (χ0n) is 10.8. The number of hydrogen-bond acceptors (Lipinski definition) is 3. The lowest BCUT2D eigenvalue weighted by Gasteiger charge is -2.05. The Morgan fingerprint density at radius 2 is 1.95 bits per heavy atom. The number of pyridine rings is 1. The van der Waals surface area contributed by atoms with Gasteiger partial charge in [-0.1, -0.05) is 29.8 Å². The summed E-state index contributed by atoms with van der Waals surface area (Å²) >= 11 is 5.73. The molecule has 0 atom stereocenters. The highest BCUT2D eigenvalue weighted by Crippen LogP contribution is 2.14. The first kappa shape index (κ1) is 14.7. The van der Waals surface area contributed by atoms with Gasteiger partial charge in [0.25, 0.3) is 5.91 Å². The van der Waals surface area contributed by atoms with Crippen LogP contribution in [0.15, 0.2) is 48.5 Å². The van der Waals surface area contributed by atoms with Gasteiger partial charge >= 0.3 is 5.97 Å². The first-order chi connectivity index (χ1) is 10.0. The van der Waals surface area contributed by atoms with E-state index in [4.69, 9.17) is 16.7 Å². The van der Waals surface area contributed by atoms with Gasteiger partial charge in [-0.05, 0) is 35.9 Å². The third-order valence-electron chi connectivity index (χ3n) is 2.51. The van der Waals surface area contributed by atoms with E-state index in [-0.39, 0.29) is 10.8 Å². The number of aromatic nitrogens is 1. The van der Waals surface area contributed by atoms with Crippen LogP contribution in [-0.4, -0.2) is 22.0 Å². The molecule has 106 valence electrons. The smallest absolute Gasteiger partial charge is 0.328 e. The van der Waals surface area contributed by atoms with E-state index in [1.54, 1.807) is 42.5 Å². The molecule has 21 heavy (non-hydrogen) atoms. The maximum Gasteiger partial charge on any atom is 0.328 e. The van der Waals surface area contributed by atoms with E-state index >= 15 is 0 Å². The van der Waals surface area contributed by atoms with Gasteiger partial charge in [0.05, 0.1) is 0 Å². The Labute approximate surface area is 125 Å². The number of aliphatic carboxylic acids is 1. The van der Waals surface area contributed by atoms with E-state index in [0.717, 1.165) is 6.08 Å². The molecular formula is C15H11ClN2O3. The third-order valence-corrected chi connectivity index (χ3v) is 2.72. The summed E-state index contributed by atoms with van der Waals surface area (Å²) in [6, 6.07) is 11.6. The summed E-state index contributed by atoms with van der Waals surface area (Å²) in [7, 11) is 0. The fourth-order valence-corrected chi connectivity index (χ4v) is 1.78. The van der Waals surface area contributed by atoms with Crippen LogP contribution in [-0.2, 0) is 4.79 Å². The van der Waals surface area contributed by atoms with Gasteiger partial charge in [-0.25, -0.2) is 9.78 Å². The summed E-state index contributed by atoms with van der Waals surface area (Å²) in [6.45, 7) is 0. The monoisotopic (exact) mass is 302 g/mol. The van der Waals surface area contributed by atoms with Gasteiger partial charge in [-0.15, -0.1) is 0 Å². The van der Waals surface area contributed by atoms with Gasteiger partial charge in [0.2, 0.25) is 0 Å². The average Bonchev–Trinajstić information content (AvgIpc) is 2.45. The van der Waals surface area contributed by atoms with E-state index in [9.17, 15) is 9.59 Å². The SMILES string of the molecule is O=C(O)/C=C/c1cccc(NC(=O)c2cccc(Cl)n2)c1. The van der Waals surface area contributed by atoms with E-state index in [1.807, 2.05) is 0 Å². The number of carboxylic acid groups (broad SMARTS) is 1. The number of rotatable bonds is 4. The van der Waals surface area contributed by atoms with Crippen LogP contribution in [0, 0.1) is 0 Å². The Hall–Kier alpha value is -2.66. The predicted octanol–water partition coefficient (Wildman–Crippen LogP) is 3.09. The zero-order valence-corrected chi connectivity index (χ0v) is 11.5. The van der Waals surface area contributed by atoms with Crippen LogP contribution in [0.4, 0.5) is 5.69 Å². The highest BCUT2D eigenvalue weighted by atomic mass is 35.5. The van der Waals surface area contributed by atoms with Crippen molar-refractivity contribution < 1.29 is 14.7 Å². The summed E-state index contributed by atoms with van der Waals surface area (Å²) in [5.41, 5.74) is 1.40. The minimum Gasteiger partial charge on any atom is -0.478 e. The maximum atomic E-state index is 12.0. The van der Waals surface area contributed by atoms with Crippen LogP contribution in [0.5, 0.6) is 0 Å². The summed E-state index contributed by atoms with van der Waals surface area (Å²) in [5.74, 6) is -1.43. The highest BCUT2D eigenvalue weighted by molar-refractivity contribution is 6.29. The summed E-state index contributed by atoms with van der Waals surface area (Å²) in [5, 5.41) is 11.5. The third kappa shape index (κ3) is 4.43. The van der Waals surface area contributed by atoms with Crippen LogP contribution >= 0.6 is 11.6 Å². The fraction of sp³-hybridized carbons (Fsp3) is 0. The van der Waals surface area contributed by atoms with Gasteiger partial charge in [0, 0.05) is 11.8 Å². The van der Waals surface area contributed by atoms with Crippen molar-refractivity contribution in [2.24, 2.45) is 0 Å². The van der Waals surface area contributed by atoms with E-state index < -0.39 is 11.9 Å². The predicted molar refractivity (Wildman–Crippen MR) is 80.3 cm³/mol. The Kier molecular flexibility index (Phi) is 4.68. The molecule has 2 aromatic rings. The molecule has 1 amide bonds. The first-order valence-electron chi connectivity index (χ1n) is 5.99. The molecule has 0 saturated heterocycles. The van der Waals surface area contributed by atoms with Crippen molar-refractivity contribution in [1.29, 1.82) is 0 Å². The second kappa shape index (κ2) is 6.67. The molecule has 2 rings (SSSR count). The van der Waals surface area contributed by atoms with Crippen LogP contribution in [0.2, 0.25) is 5.15 Å². The van der Waals surface area contributed by atoms with Crippen molar-refractivity contribution in [2.45, 2.75) is 0 Å². The quantitative estimate of drug-likeness (QED) is 0.672. The number of carbonyl (C=O) groups excluding carboxylic acids is 1. The normalized spacial score (nSPS) is 10.5. The lowest BCUT2D eigenvalue weighted by atomic mass is 10.2. The van der Waals surface area contributed by atoms with Crippen LogP contribution in [0.3, 0.4) is 0 Å². The zero-order chi connectivity index (χ0) is 15.2. The molecule has 1 aromatic heterocycles. The van der Waals surface area contributed by atoms with E-state index in [0.29, 0.717) is 11.3 Å². The Bertz CT molecular complexity index is 714. The van der Waals surface area contributed by atoms with Crippen molar-refractivity contribution in [3.63, 3.8) is 0 Å². The number of amides is 1. The van der Waals surface area contributed by atoms with Crippen molar-refractivity contribution in [1.82, 2.24) is 4.98 Å². The van der Waals surface area contributed by atoms with E-state index in [2.05, 4.69) is 10.3 Å². The lowest BCUT2D eigenvalue weighted by Crippen LogP contribution is -2.13. The number of carbonyl (C=O) groups is 2. The number of carboxylic acids is 1. The molecule has 0 aliphatic rings. The first-order valence-corrected chi connectivity index (χ1v) is 6.37. The Morgan fingerprint density at radius 3 is 2.67 bits per heavy atom. The lowest BCUT2D eigenvalue weighted by molar-refractivity contribution is -0.131. The molecule has 6 heteroatoms. The fourth-order valence-electron chi connectivity index (χ4n) is 1.62. The molecule has 0 aliphatic heterocycles. The molecule has 5 nitrogen and oxygen atoms in total.